The van der Waals surface area contributed by atoms with E-state index in [9.17, 15) is 0 Å². The Morgan fingerprint density at radius 2 is 1.64 bits per heavy atom. The zero-order chi connectivity index (χ0) is 11.0. The van der Waals surface area contributed by atoms with Gasteiger partial charge in [0.05, 0.1) is 5.60 Å². The van der Waals surface area contributed by atoms with E-state index in [2.05, 4.69) is 27.7 Å². The molecule has 0 rings (SSSR count). The fraction of sp³-hybridized carbons (Fsp3) is 1.00. The number of ether oxygens (including phenoxy) is 1. The van der Waals surface area contributed by atoms with Crippen LogP contribution in [0.5, 0.6) is 0 Å². The SMILES string of the molecule is CC(C)C(C)(C)OCCCCCCN. The molecule has 0 bridgehead atoms. The molecule has 0 aliphatic carbocycles. The molecule has 0 saturated carbocycles. The van der Waals surface area contributed by atoms with Gasteiger partial charge in [0.15, 0.2) is 0 Å². The monoisotopic (exact) mass is 201 g/mol. The van der Waals surface area contributed by atoms with E-state index in [0.717, 1.165) is 26.0 Å². The third-order valence-corrected chi connectivity index (χ3v) is 2.96. The molecule has 0 radical (unpaired) electrons. The van der Waals surface area contributed by atoms with Crippen LogP contribution in [0.2, 0.25) is 0 Å². The fourth-order valence-electron chi connectivity index (χ4n) is 1.10. The molecule has 2 nitrogen and oxygen atoms in total. The van der Waals surface area contributed by atoms with Gasteiger partial charge in [0.2, 0.25) is 0 Å². The Labute approximate surface area is 89.2 Å². The minimum absolute atomic E-state index is 0.0217. The van der Waals surface area contributed by atoms with E-state index in [1.54, 1.807) is 0 Å². The lowest BCUT2D eigenvalue weighted by atomic mass is 9.95. The van der Waals surface area contributed by atoms with E-state index in [1.165, 1.54) is 12.8 Å². The van der Waals surface area contributed by atoms with Gasteiger partial charge < -0.3 is 10.5 Å². The molecule has 0 aliphatic rings. The zero-order valence-corrected chi connectivity index (χ0v) is 10.3. The van der Waals surface area contributed by atoms with Crippen LogP contribution < -0.4 is 5.73 Å². The minimum atomic E-state index is 0.0217. The molecule has 2 heteroatoms. The highest BCUT2D eigenvalue weighted by molar-refractivity contribution is 4.72. The van der Waals surface area contributed by atoms with Crippen molar-refractivity contribution in [3.8, 4) is 0 Å². The highest BCUT2D eigenvalue weighted by Gasteiger charge is 2.22. The average molecular weight is 201 g/mol. The first-order chi connectivity index (χ1) is 6.50. The van der Waals surface area contributed by atoms with E-state index >= 15 is 0 Å². The van der Waals surface area contributed by atoms with Crippen molar-refractivity contribution in [1.29, 1.82) is 0 Å². The summed E-state index contributed by atoms with van der Waals surface area (Å²) in [6, 6.07) is 0. The second kappa shape index (κ2) is 7.24. The van der Waals surface area contributed by atoms with Gasteiger partial charge in [0.1, 0.15) is 0 Å². The maximum Gasteiger partial charge on any atom is 0.0649 e. The molecule has 0 aromatic rings. The highest BCUT2D eigenvalue weighted by Crippen LogP contribution is 2.20. The minimum Gasteiger partial charge on any atom is -0.375 e. The van der Waals surface area contributed by atoms with Crippen LogP contribution >= 0.6 is 0 Å². The Kier molecular flexibility index (Phi) is 7.20. The van der Waals surface area contributed by atoms with Crippen molar-refractivity contribution >= 4 is 0 Å². The van der Waals surface area contributed by atoms with Crippen LogP contribution in [0.25, 0.3) is 0 Å². The number of unbranched alkanes of at least 4 members (excludes halogenated alkanes) is 3. The third-order valence-electron chi connectivity index (χ3n) is 2.96. The van der Waals surface area contributed by atoms with Crippen LogP contribution in [0.3, 0.4) is 0 Å². The lowest BCUT2D eigenvalue weighted by Crippen LogP contribution is -2.31. The Hall–Kier alpha value is -0.0800. The molecule has 0 amide bonds. The molecule has 0 aliphatic heterocycles. The summed E-state index contributed by atoms with van der Waals surface area (Å²) >= 11 is 0. The molecule has 0 heterocycles. The van der Waals surface area contributed by atoms with Crippen LogP contribution in [-0.4, -0.2) is 18.8 Å². The van der Waals surface area contributed by atoms with Gasteiger partial charge in [-0.15, -0.1) is 0 Å². The van der Waals surface area contributed by atoms with Gasteiger partial charge in [-0.2, -0.15) is 0 Å². The van der Waals surface area contributed by atoms with E-state index in [0.29, 0.717) is 5.92 Å². The number of hydrogen-bond acceptors (Lipinski definition) is 2. The van der Waals surface area contributed by atoms with Crippen LogP contribution in [-0.2, 0) is 4.74 Å². The first-order valence-electron chi connectivity index (χ1n) is 5.84. The molecule has 0 saturated heterocycles. The number of nitrogens with two attached hydrogens (primary N) is 1. The van der Waals surface area contributed by atoms with Gasteiger partial charge in [-0.3, -0.25) is 0 Å². The molecule has 0 atom stereocenters. The molecule has 86 valence electrons. The standard InChI is InChI=1S/C12H27NO/c1-11(2)12(3,4)14-10-8-6-5-7-9-13/h11H,5-10,13H2,1-4H3. The van der Waals surface area contributed by atoms with Crippen LogP contribution in [0.1, 0.15) is 53.4 Å². The fourth-order valence-corrected chi connectivity index (χ4v) is 1.10. The van der Waals surface area contributed by atoms with Crippen molar-refractivity contribution in [2.45, 2.75) is 59.0 Å². The summed E-state index contributed by atoms with van der Waals surface area (Å²) in [7, 11) is 0. The summed E-state index contributed by atoms with van der Waals surface area (Å²) in [6.45, 7) is 10.4. The van der Waals surface area contributed by atoms with Gasteiger partial charge in [0, 0.05) is 6.61 Å². The lowest BCUT2D eigenvalue weighted by Gasteiger charge is -2.29. The number of hydrogen-bond donors (Lipinski definition) is 1. The summed E-state index contributed by atoms with van der Waals surface area (Å²) < 4.78 is 5.84. The Bertz CT molecular complexity index is 132. The van der Waals surface area contributed by atoms with Gasteiger partial charge in [-0.1, -0.05) is 26.7 Å². The van der Waals surface area contributed by atoms with Crippen LogP contribution in [0, 0.1) is 5.92 Å². The largest absolute Gasteiger partial charge is 0.375 e. The quantitative estimate of drug-likeness (QED) is 0.613. The Morgan fingerprint density at radius 1 is 1.07 bits per heavy atom. The summed E-state index contributed by atoms with van der Waals surface area (Å²) in [5.41, 5.74) is 5.44. The summed E-state index contributed by atoms with van der Waals surface area (Å²) in [5.74, 6) is 0.576. The Morgan fingerprint density at radius 3 is 2.14 bits per heavy atom. The van der Waals surface area contributed by atoms with Crippen molar-refractivity contribution in [3.05, 3.63) is 0 Å². The smallest absolute Gasteiger partial charge is 0.0649 e. The second-order valence-corrected chi connectivity index (χ2v) is 4.81. The van der Waals surface area contributed by atoms with Crippen molar-refractivity contribution in [2.24, 2.45) is 11.7 Å². The first-order valence-corrected chi connectivity index (χ1v) is 5.84. The maximum atomic E-state index is 5.84. The molecule has 14 heavy (non-hydrogen) atoms. The van der Waals surface area contributed by atoms with E-state index in [-0.39, 0.29) is 5.60 Å². The van der Waals surface area contributed by atoms with Crippen LogP contribution in [0.15, 0.2) is 0 Å². The van der Waals surface area contributed by atoms with Crippen molar-refractivity contribution in [1.82, 2.24) is 0 Å². The maximum absolute atomic E-state index is 5.84. The predicted octanol–water partition coefficient (Wildman–Crippen LogP) is 2.96. The first kappa shape index (κ1) is 13.9. The highest BCUT2D eigenvalue weighted by atomic mass is 16.5. The second-order valence-electron chi connectivity index (χ2n) is 4.81. The van der Waals surface area contributed by atoms with Gasteiger partial charge in [-0.05, 0) is 39.2 Å². The normalized spacial score (nSPS) is 12.4. The third kappa shape index (κ3) is 6.39. The molecular formula is C12H27NO. The van der Waals surface area contributed by atoms with E-state index in [1.807, 2.05) is 0 Å². The Balaban J connectivity index is 3.35. The van der Waals surface area contributed by atoms with Gasteiger partial charge in [-0.25, -0.2) is 0 Å². The summed E-state index contributed by atoms with van der Waals surface area (Å²) in [6.07, 6.45) is 4.79. The molecule has 0 unspecified atom stereocenters. The number of rotatable bonds is 8. The molecule has 0 fully saturated rings. The average Bonchev–Trinajstić information content (AvgIpc) is 2.10. The zero-order valence-electron chi connectivity index (χ0n) is 10.3. The van der Waals surface area contributed by atoms with Gasteiger partial charge in [0.25, 0.3) is 0 Å². The molecule has 0 aromatic carbocycles. The summed E-state index contributed by atoms with van der Waals surface area (Å²) in [4.78, 5) is 0. The molecule has 0 aromatic heterocycles. The summed E-state index contributed by atoms with van der Waals surface area (Å²) in [5, 5.41) is 0. The van der Waals surface area contributed by atoms with Crippen molar-refractivity contribution in [3.63, 3.8) is 0 Å². The topological polar surface area (TPSA) is 35.2 Å². The predicted molar refractivity (Wildman–Crippen MR) is 62.4 cm³/mol. The molecule has 2 N–H and O–H groups in total. The lowest BCUT2D eigenvalue weighted by molar-refractivity contribution is -0.0515. The van der Waals surface area contributed by atoms with E-state index in [4.69, 9.17) is 10.5 Å². The molecule has 0 spiro atoms. The van der Waals surface area contributed by atoms with E-state index < -0.39 is 0 Å². The van der Waals surface area contributed by atoms with Crippen molar-refractivity contribution < 1.29 is 4.74 Å². The van der Waals surface area contributed by atoms with Gasteiger partial charge >= 0.3 is 0 Å². The molecular weight excluding hydrogens is 174 g/mol. The van der Waals surface area contributed by atoms with Crippen molar-refractivity contribution in [2.75, 3.05) is 13.2 Å². The van der Waals surface area contributed by atoms with Crippen LogP contribution in [0.4, 0.5) is 0 Å².